The van der Waals surface area contributed by atoms with Crippen LogP contribution in [0.3, 0.4) is 0 Å². The van der Waals surface area contributed by atoms with Crippen LogP contribution in [0.25, 0.3) is 0 Å². The summed E-state index contributed by atoms with van der Waals surface area (Å²) in [7, 11) is 0. The first kappa shape index (κ1) is 10.2. The van der Waals surface area contributed by atoms with Crippen LogP contribution in [0, 0.1) is 5.82 Å². The molecule has 2 nitrogen and oxygen atoms in total. The first-order valence-corrected chi connectivity index (χ1v) is 4.18. The molecule has 2 unspecified atom stereocenters. The van der Waals surface area contributed by atoms with E-state index in [1.54, 1.807) is 26.0 Å². The zero-order valence-corrected chi connectivity index (χ0v) is 7.79. The minimum absolute atomic E-state index is 0.363. The summed E-state index contributed by atoms with van der Waals surface area (Å²) in [4.78, 5) is 0. The Bertz CT molecular complexity index is 297. The van der Waals surface area contributed by atoms with Crippen LogP contribution in [0.1, 0.15) is 19.4 Å². The topological polar surface area (TPSA) is 46.2 Å². The number of halogens is 1. The number of aliphatic hydroxyl groups is 1. The van der Waals surface area contributed by atoms with Gasteiger partial charge in [-0.25, -0.2) is 4.39 Å². The average Bonchev–Trinajstić information content (AvgIpc) is 2.04. The summed E-state index contributed by atoms with van der Waals surface area (Å²) in [5.74, 6) is -0.363. The maximum absolute atomic E-state index is 12.8. The van der Waals surface area contributed by atoms with Gasteiger partial charge in [0.25, 0.3) is 0 Å². The number of benzene rings is 1. The zero-order valence-electron chi connectivity index (χ0n) is 7.79. The molecular weight excluding hydrogens is 169 g/mol. The molecule has 0 saturated heterocycles. The van der Waals surface area contributed by atoms with Gasteiger partial charge in [-0.2, -0.15) is 0 Å². The lowest BCUT2D eigenvalue weighted by molar-refractivity contribution is 0.0346. The van der Waals surface area contributed by atoms with Gasteiger partial charge in [0.2, 0.25) is 0 Å². The molecule has 0 saturated carbocycles. The van der Waals surface area contributed by atoms with E-state index >= 15 is 0 Å². The first-order chi connectivity index (χ1) is 5.94. The fourth-order valence-electron chi connectivity index (χ4n) is 1.07. The number of nitrogens with two attached hydrogens (primary N) is 1. The van der Waals surface area contributed by atoms with Gasteiger partial charge in [0, 0.05) is 6.04 Å². The Kier molecular flexibility index (Phi) is 2.68. The van der Waals surface area contributed by atoms with E-state index in [9.17, 15) is 9.50 Å². The highest BCUT2D eigenvalue weighted by Gasteiger charge is 2.27. The summed E-state index contributed by atoms with van der Waals surface area (Å²) in [5.41, 5.74) is 4.90. The number of rotatable bonds is 2. The first-order valence-electron chi connectivity index (χ1n) is 4.18. The summed E-state index contributed by atoms with van der Waals surface area (Å²) < 4.78 is 12.8. The second-order valence-corrected chi connectivity index (χ2v) is 3.45. The van der Waals surface area contributed by atoms with Gasteiger partial charge in [-0.3, -0.25) is 0 Å². The molecule has 0 aliphatic carbocycles. The zero-order chi connectivity index (χ0) is 10.1. The summed E-state index contributed by atoms with van der Waals surface area (Å²) in [6.45, 7) is 3.26. The largest absolute Gasteiger partial charge is 0.384 e. The third-order valence-corrected chi connectivity index (χ3v) is 2.30. The van der Waals surface area contributed by atoms with Gasteiger partial charge in [0.1, 0.15) is 11.4 Å². The molecule has 3 heteroatoms. The summed E-state index contributed by atoms with van der Waals surface area (Å²) in [6.07, 6.45) is 0. The minimum Gasteiger partial charge on any atom is -0.384 e. The maximum Gasteiger partial charge on any atom is 0.123 e. The molecule has 1 aromatic carbocycles. The van der Waals surface area contributed by atoms with E-state index in [2.05, 4.69) is 0 Å². The molecule has 0 aliphatic rings. The fourth-order valence-corrected chi connectivity index (χ4v) is 1.07. The van der Waals surface area contributed by atoms with E-state index in [-0.39, 0.29) is 5.82 Å². The fraction of sp³-hybridized carbons (Fsp3) is 0.400. The molecule has 0 aliphatic heterocycles. The van der Waals surface area contributed by atoms with Gasteiger partial charge < -0.3 is 10.8 Å². The monoisotopic (exact) mass is 183 g/mol. The van der Waals surface area contributed by atoms with Gasteiger partial charge >= 0.3 is 0 Å². The highest BCUT2D eigenvalue weighted by Crippen LogP contribution is 2.23. The molecule has 13 heavy (non-hydrogen) atoms. The maximum atomic E-state index is 12.8. The Morgan fingerprint density at radius 1 is 1.54 bits per heavy atom. The van der Waals surface area contributed by atoms with E-state index in [0.717, 1.165) is 0 Å². The normalized spacial score (nSPS) is 17.9. The van der Waals surface area contributed by atoms with Gasteiger partial charge in [0.15, 0.2) is 0 Å². The molecule has 0 aromatic heterocycles. The SMILES string of the molecule is CC(N)C(C)(O)c1cccc(F)c1. The molecule has 1 aromatic rings. The lowest BCUT2D eigenvalue weighted by Crippen LogP contribution is -2.40. The molecule has 0 bridgehead atoms. The summed E-state index contributed by atoms with van der Waals surface area (Å²) in [6, 6.07) is 5.41. The highest BCUT2D eigenvalue weighted by atomic mass is 19.1. The molecular formula is C10H14FNO. The van der Waals surface area contributed by atoms with Gasteiger partial charge in [-0.1, -0.05) is 12.1 Å². The van der Waals surface area contributed by atoms with Crippen molar-refractivity contribution in [2.75, 3.05) is 0 Å². The van der Waals surface area contributed by atoms with E-state index in [1.165, 1.54) is 12.1 Å². The van der Waals surface area contributed by atoms with Crippen molar-refractivity contribution in [2.24, 2.45) is 5.73 Å². The minimum atomic E-state index is -1.18. The van der Waals surface area contributed by atoms with Crippen molar-refractivity contribution in [3.8, 4) is 0 Å². The second kappa shape index (κ2) is 3.44. The third-order valence-electron chi connectivity index (χ3n) is 2.30. The van der Waals surface area contributed by atoms with E-state index in [4.69, 9.17) is 5.73 Å². The Hall–Kier alpha value is -0.930. The Labute approximate surface area is 77.2 Å². The van der Waals surface area contributed by atoms with E-state index in [1.807, 2.05) is 0 Å². The van der Waals surface area contributed by atoms with Crippen molar-refractivity contribution in [3.05, 3.63) is 35.6 Å². The molecule has 72 valence electrons. The molecule has 0 radical (unpaired) electrons. The van der Waals surface area contributed by atoms with Crippen LogP contribution in [0.4, 0.5) is 4.39 Å². The van der Waals surface area contributed by atoms with Crippen molar-refractivity contribution in [1.29, 1.82) is 0 Å². The van der Waals surface area contributed by atoms with Crippen molar-refractivity contribution in [3.63, 3.8) is 0 Å². The van der Waals surface area contributed by atoms with Gasteiger partial charge in [-0.15, -0.1) is 0 Å². The molecule has 2 atom stereocenters. The Morgan fingerprint density at radius 2 is 2.15 bits per heavy atom. The predicted molar refractivity (Wildman–Crippen MR) is 49.6 cm³/mol. The predicted octanol–water partition coefficient (Wildman–Crippen LogP) is 1.38. The summed E-state index contributed by atoms with van der Waals surface area (Å²) >= 11 is 0. The lowest BCUT2D eigenvalue weighted by atomic mass is 9.90. The van der Waals surface area contributed by atoms with Gasteiger partial charge in [-0.05, 0) is 31.5 Å². The van der Waals surface area contributed by atoms with Crippen LogP contribution in [0.15, 0.2) is 24.3 Å². The molecule has 3 N–H and O–H groups in total. The van der Waals surface area contributed by atoms with Crippen molar-refractivity contribution in [2.45, 2.75) is 25.5 Å². The van der Waals surface area contributed by atoms with E-state index < -0.39 is 11.6 Å². The van der Waals surface area contributed by atoms with Crippen LogP contribution in [0.2, 0.25) is 0 Å². The van der Waals surface area contributed by atoms with Crippen molar-refractivity contribution in [1.82, 2.24) is 0 Å². The molecule has 0 fully saturated rings. The van der Waals surface area contributed by atoms with Crippen LogP contribution in [-0.4, -0.2) is 11.1 Å². The van der Waals surface area contributed by atoms with Crippen LogP contribution in [0.5, 0.6) is 0 Å². The lowest BCUT2D eigenvalue weighted by Gasteiger charge is -2.27. The average molecular weight is 183 g/mol. The number of hydrogen-bond donors (Lipinski definition) is 2. The highest BCUT2D eigenvalue weighted by molar-refractivity contribution is 5.23. The molecule has 1 rings (SSSR count). The van der Waals surface area contributed by atoms with Crippen molar-refractivity contribution < 1.29 is 9.50 Å². The van der Waals surface area contributed by atoms with Crippen LogP contribution in [-0.2, 0) is 5.60 Å². The Morgan fingerprint density at radius 3 is 2.62 bits per heavy atom. The quantitative estimate of drug-likeness (QED) is 0.727. The number of hydrogen-bond acceptors (Lipinski definition) is 2. The van der Waals surface area contributed by atoms with Crippen LogP contribution >= 0.6 is 0 Å². The second-order valence-electron chi connectivity index (χ2n) is 3.45. The standard InChI is InChI=1S/C10H14FNO/c1-7(12)10(2,13)8-4-3-5-9(11)6-8/h3-7,13H,12H2,1-2H3. The van der Waals surface area contributed by atoms with Gasteiger partial charge in [0.05, 0.1) is 0 Å². The molecule has 0 heterocycles. The third kappa shape index (κ3) is 2.05. The molecule has 0 spiro atoms. The smallest absolute Gasteiger partial charge is 0.123 e. The summed E-state index contributed by atoms with van der Waals surface area (Å²) in [5, 5.41) is 9.90. The molecule has 0 amide bonds. The van der Waals surface area contributed by atoms with Crippen LogP contribution < -0.4 is 5.73 Å². The Balaban J connectivity index is 3.07. The van der Waals surface area contributed by atoms with Crippen molar-refractivity contribution >= 4 is 0 Å². The van der Waals surface area contributed by atoms with E-state index in [0.29, 0.717) is 5.56 Å².